The molecule has 0 aliphatic heterocycles. The normalized spacial score (nSPS) is 14.1. The van der Waals surface area contributed by atoms with E-state index in [0.29, 0.717) is 6.61 Å². The van der Waals surface area contributed by atoms with Crippen LogP contribution in [0.25, 0.3) is 10.9 Å². The number of aromatic nitrogens is 1. The molecule has 0 saturated heterocycles. The van der Waals surface area contributed by atoms with Gasteiger partial charge in [-0.25, -0.2) is 0 Å². The first-order valence-electron chi connectivity index (χ1n) is 10.6. The molecule has 28 heavy (non-hydrogen) atoms. The molecule has 0 saturated carbocycles. The van der Waals surface area contributed by atoms with E-state index in [2.05, 4.69) is 97.4 Å². The lowest BCUT2D eigenvalue weighted by Gasteiger charge is -2.36. The van der Waals surface area contributed by atoms with Gasteiger partial charge in [0.2, 0.25) is 0 Å². The predicted octanol–water partition coefficient (Wildman–Crippen LogP) is 7.09. The van der Waals surface area contributed by atoms with E-state index in [1.165, 1.54) is 27.9 Å². The van der Waals surface area contributed by atoms with E-state index in [1.807, 2.05) is 0 Å². The van der Waals surface area contributed by atoms with Gasteiger partial charge < -0.3 is 8.99 Å². The monoisotopic (exact) mass is 400 g/mol. The van der Waals surface area contributed by atoms with Gasteiger partial charge in [-0.1, -0.05) is 40.2 Å². The topological polar surface area (TPSA) is 26.5 Å². The molecule has 1 aromatic heterocycles. The molecule has 4 heteroatoms. The highest BCUT2D eigenvalue weighted by Gasteiger charge is 2.37. The van der Waals surface area contributed by atoms with Gasteiger partial charge in [0.05, 0.1) is 12.1 Å². The van der Waals surface area contributed by atoms with Gasteiger partial charge >= 0.3 is 0 Å². The zero-order valence-corrected chi connectivity index (χ0v) is 20.7. The summed E-state index contributed by atoms with van der Waals surface area (Å²) in [6.07, 6.45) is 2.12. The van der Waals surface area contributed by atoms with Crippen LogP contribution in [0.15, 0.2) is 29.3 Å². The van der Waals surface area contributed by atoms with E-state index in [-0.39, 0.29) is 10.6 Å². The van der Waals surface area contributed by atoms with Crippen LogP contribution in [0, 0.1) is 0 Å². The first-order chi connectivity index (χ1) is 12.7. The minimum atomic E-state index is -1.76. The van der Waals surface area contributed by atoms with Crippen LogP contribution in [0.4, 0.5) is 0 Å². The molecule has 0 atom stereocenters. The Morgan fingerprint density at radius 3 is 2.25 bits per heavy atom. The molecule has 0 spiro atoms. The SMILES string of the molecule is CCCC(=NC(C)(C)C)c1ccc2c(c1)cc(CO[Si](C)(C)C(C)(C)C)n2C. The minimum absolute atomic E-state index is 0.0572. The second-order valence-electron chi connectivity index (χ2n) is 10.5. The Labute approximate surface area is 173 Å². The highest BCUT2D eigenvalue weighted by Crippen LogP contribution is 2.37. The smallest absolute Gasteiger partial charge is 0.192 e. The van der Waals surface area contributed by atoms with E-state index in [9.17, 15) is 0 Å². The van der Waals surface area contributed by atoms with E-state index < -0.39 is 8.32 Å². The minimum Gasteiger partial charge on any atom is -0.411 e. The number of aryl methyl sites for hydroxylation is 1. The van der Waals surface area contributed by atoms with Crippen molar-refractivity contribution in [2.24, 2.45) is 12.0 Å². The fraction of sp³-hybridized carbons (Fsp3) is 0.625. The van der Waals surface area contributed by atoms with Crippen LogP contribution in [0.5, 0.6) is 0 Å². The Kier molecular flexibility index (Phi) is 6.67. The maximum atomic E-state index is 6.47. The van der Waals surface area contributed by atoms with Crippen molar-refractivity contribution < 1.29 is 4.43 Å². The molecular weight excluding hydrogens is 360 g/mol. The number of hydrogen-bond acceptors (Lipinski definition) is 2. The Balaban J connectivity index is 2.36. The second-order valence-corrected chi connectivity index (χ2v) is 15.3. The van der Waals surface area contributed by atoms with Crippen molar-refractivity contribution in [2.45, 2.75) is 91.6 Å². The van der Waals surface area contributed by atoms with Gasteiger partial charge in [0.25, 0.3) is 0 Å². The lowest BCUT2D eigenvalue weighted by Crippen LogP contribution is -2.40. The molecule has 156 valence electrons. The summed E-state index contributed by atoms with van der Waals surface area (Å²) >= 11 is 0. The molecule has 0 bridgehead atoms. The van der Waals surface area contributed by atoms with Crippen molar-refractivity contribution in [1.82, 2.24) is 4.57 Å². The largest absolute Gasteiger partial charge is 0.411 e. The third kappa shape index (κ3) is 5.35. The average Bonchev–Trinajstić information content (AvgIpc) is 2.86. The quantitative estimate of drug-likeness (QED) is 0.375. The standard InChI is InChI=1S/C24H40N2OSi/c1-11-12-21(25-23(2,3)4)18-13-14-22-19(15-18)16-20(26(22)8)17-27-28(9,10)24(5,6)7/h13-16H,11-12,17H2,1-10H3. The summed E-state index contributed by atoms with van der Waals surface area (Å²) in [5.74, 6) is 0. The average molecular weight is 401 g/mol. The summed E-state index contributed by atoms with van der Waals surface area (Å²) in [5.41, 5.74) is 4.88. The van der Waals surface area contributed by atoms with Gasteiger partial charge in [0, 0.05) is 29.4 Å². The summed E-state index contributed by atoms with van der Waals surface area (Å²) in [6, 6.07) is 9.04. The van der Waals surface area contributed by atoms with Crippen LogP contribution in [0.3, 0.4) is 0 Å². The number of benzene rings is 1. The number of hydrogen-bond donors (Lipinski definition) is 0. The molecule has 0 radical (unpaired) electrons. The Morgan fingerprint density at radius 2 is 1.71 bits per heavy atom. The number of rotatable bonds is 6. The Bertz CT molecular complexity index is 848. The molecule has 0 amide bonds. The van der Waals surface area contributed by atoms with Crippen molar-refractivity contribution in [2.75, 3.05) is 0 Å². The van der Waals surface area contributed by atoms with Crippen molar-refractivity contribution in [3.8, 4) is 0 Å². The zero-order chi connectivity index (χ0) is 21.3. The lowest BCUT2D eigenvalue weighted by molar-refractivity contribution is 0.269. The van der Waals surface area contributed by atoms with Gasteiger partial charge in [-0.05, 0) is 69.1 Å². The molecule has 1 heterocycles. The van der Waals surface area contributed by atoms with Crippen molar-refractivity contribution >= 4 is 24.9 Å². The summed E-state index contributed by atoms with van der Waals surface area (Å²) in [6.45, 7) is 20.9. The van der Waals surface area contributed by atoms with Crippen LogP contribution in [-0.2, 0) is 18.1 Å². The molecule has 0 N–H and O–H groups in total. The molecule has 2 aromatic rings. The molecule has 1 aromatic carbocycles. The Hall–Kier alpha value is -1.39. The third-order valence-electron chi connectivity index (χ3n) is 5.82. The zero-order valence-electron chi connectivity index (χ0n) is 19.7. The molecule has 0 unspecified atom stereocenters. The van der Waals surface area contributed by atoms with Crippen LogP contribution in [-0.4, -0.2) is 24.1 Å². The summed E-state index contributed by atoms with van der Waals surface area (Å²) in [7, 11) is 0.383. The third-order valence-corrected chi connectivity index (χ3v) is 10.3. The van der Waals surface area contributed by atoms with Crippen LogP contribution < -0.4 is 0 Å². The van der Waals surface area contributed by atoms with Crippen molar-refractivity contribution in [3.63, 3.8) is 0 Å². The fourth-order valence-electron chi connectivity index (χ4n) is 3.10. The van der Waals surface area contributed by atoms with E-state index in [0.717, 1.165) is 12.8 Å². The van der Waals surface area contributed by atoms with Gasteiger partial charge in [-0.3, -0.25) is 4.99 Å². The van der Waals surface area contributed by atoms with Crippen LogP contribution in [0.1, 0.15) is 72.6 Å². The molecule has 0 aliphatic carbocycles. The molecule has 0 fully saturated rings. The van der Waals surface area contributed by atoms with E-state index >= 15 is 0 Å². The van der Waals surface area contributed by atoms with E-state index in [4.69, 9.17) is 9.42 Å². The van der Waals surface area contributed by atoms with Gasteiger partial charge in [0.15, 0.2) is 8.32 Å². The molecular formula is C24H40N2OSi. The molecule has 0 aliphatic rings. The summed E-state index contributed by atoms with van der Waals surface area (Å²) < 4.78 is 8.74. The van der Waals surface area contributed by atoms with Crippen molar-refractivity contribution in [3.05, 3.63) is 35.5 Å². The Morgan fingerprint density at radius 1 is 1.07 bits per heavy atom. The number of aliphatic imine (C=N–C) groups is 1. The van der Waals surface area contributed by atoms with Crippen LogP contribution in [0.2, 0.25) is 18.1 Å². The highest BCUT2D eigenvalue weighted by atomic mass is 28.4. The van der Waals surface area contributed by atoms with Crippen molar-refractivity contribution in [1.29, 1.82) is 0 Å². The van der Waals surface area contributed by atoms with Gasteiger partial charge in [-0.15, -0.1) is 0 Å². The first kappa shape index (κ1) is 22.9. The van der Waals surface area contributed by atoms with Gasteiger partial charge in [0.1, 0.15) is 0 Å². The highest BCUT2D eigenvalue weighted by molar-refractivity contribution is 6.74. The summed E-state index contributed by atoms with van der Waals surface area (Å²) in [5, 5.41) is 1.50. The second kappa shape index (κ2) is 8.15. The number of fused-ring (bicyclic) bond motifs is 1. The summed E-state index contributed by atoms with van der Waals surface area (Å²) in [4.78, 5) is 4.99. The van der Waals surface area contributed by atoms with Gasteiger partial charge in [-0.2, -0.15) is 0 Å². The number of nitrogens with zero attached hydrogens (tertiary/aromatic N) is 2. The van der Waals surface area contributed by atoms with Crippen LogP contribution >= 0.6 is 0 Å². The predicted molar refractivity (Wildman–Crippen MR) is 126 cm³/mol. The lowest BCUT2D eigenvalue weighted by atomic mass is 10.0. The fourth-order valence-corrected chi connectivity index (χ4v) is 4.04. The maximum absolute atomic E-state index is 6.47. The molecule has 2 rings (SSSR count). The van der Waals surface area contributed by atoms with E-state index in [1.54, 1.807) is 0 Å². The molecule has 3 nitrogen and oxygen atoms in total. The maximum Gasteiger partial charge on any atom is 0.192 e. The first-order valence-corrected chi connectivity index (χ1v) is 13.5.